The fourth-order valence-corrected chi connectivity index (χ4v) is 1.36. The molecule has 0 saturated heterocycles. The number of hydrogen-bond acceptors (Lipinski definition) is 5. The fourth-order valence-electron chi connectivity index (χ4n) is 1.36. The maximum absolute atomic E-state index is 11.6. The summed E-state index contributed by atoms with van der Waals surface area (Å²) in [5.74, 6) is 0.387. The Morgan fingerprint density at radius 3 is 2.94 bits per heavy atom. The number of amides is 1. The van der Waals surface area contributed by atoms with Crippen molar-refractivity contribution in [3.05, 3.63) is 29.3 Å². The summed E-state index contributed by atoms with van der Waals surface area (Å²) >= 11 is 0. The number of aromatic nitrogens is 3. The molecule has 0 spiro atoms. The van der Waals surface area contributed by atoms with Gasteiger partial charge in [-0.3, -0.25) is 9.48 Å². The van der Waals surface area contributed by atoms with E-state index in [2.05, 4.69) is 15.6 Å². The molecule has 0 aromatic carbocycles. The average molecular weight is 235 g/mol. The molecular weight excluding hydrogens is 222 g/mol. The SMILES string of the molecule is Cc1cc(C(=O)NCc2cnn(C)c2N)on1. The zero-order valence-electron chi connectivity index (χ0n) is 9.60. The van der Waals surface area contributed by atoms with Crippen LogP contribution in [0.4, 0.5) is 5.82 Å². The predicted molar refractivity (Wildman–Crippen MR) is 60.0 cm³/mol. The van der Waals surface area contributed by atoms with Gasteiger partial charge in [0.05, 0.1) is 11.9 Å². The van der Waals surface area contributed by atoms with Crippen LogP contribution in [0.5, 0.6) is 0 Å². The van der Waals surface area contributed by atoms with Crippen LogP contribution in [-0.2, 0) is 13.6 Å². The lowest BCUT2D eigenvalue weighted by molar-refractivity contribution is 0.0914. The maximum Gasteiger partial charge on any atom is 0.290 e. The highest BCUT2D eigenvalue weighted by molar-refractivity contribution is 5.91. The van der Waals surface area contributed by atoms with Gasteiger partial charge in [0.15, 0.2) is 0 Å². The van der Waals surface area contributed by atoms with E-state index in [1.165, 1.54) is 0 Å². The van der Waals surface area contributed by atoms with Gasteiger partial charge in [-0.2, -0.15) is 5.10 Å². The van der Waals surface area contributed by atoms with Crippen molar-refractivity contribution in [1.29, 1.82) is 0 Å². The molecule has 2 aromatic heterocycles. The molecule has 2 aromatic rings. The number of anilines is 1. The van der Waals surface area contributed by atoms with Crippen LogP contribution >= 0.6 is 0 Å². The van der Waals surface area contributed by atoms with E-state index < -0.39 is 0 Å². The summed E-state index contributed by atoms with van der Waals surface area (Å²) in [7, 11) is 1.74. The Kier molecular flexibility index (Phi) is 2.82. The van der Waals surface area contributed by atoms with E-state index in [4.69, 9.17) is 10.3 Å². The summed E-state index contributed by atoms with van der Waals surface area (Å²) in [6, 6.07) is 1.57. The van der Waals surface area contributed by atoms with E-state index >= 15 is 0 Å². The van der Waals surface area contributed by atoms with E-state index in [9.17, 15) is 4.79 Å². The Morgan fingerprint density at radius 2 is 2.41 bits per heavy atom. The number of nitrogens with one attached hydrogen (secondary N) is 1. The molecule has 0 radical (unpaired) electrons. The van der Waals surface area contributed by atoms with Gasteiger partial charge in [-0.1, -0.05) is 5.16 Å². The third-order valence-electron chi connectivity index (χ3n) is 2.36. The molecule has 2 rings (SSSR count). The topological polar surface area (TPSA) is 99.0 Å². The van der Waals surface area contributed by atoms with Crippen molar-refractivity contribution in [1.82, 2.24) is 20.3 Å². The van der Waals surface area contributed by atoms with Crippen molar-refractivity contribution in [2.75, 3.05) is 5.73 Å². The van der Waals surface area contributed by atoms with Gasteiger partial charge in [-0.05, 0) is 6.92 Å². The second kappa shape index (κ2) is 4.28. The highest BCUT2D eigenvalue weighted by atomic mass is 16.5. The molecule has 0 aliphatic heterocycles. The van der Waals surface area contributed by atoms with E-state index in [-0.39, 0.29) is 11.7 Å². The third-order valence-corrected chi connectivity index (χ3v) is 2.36. The van der Waals surface area contributed by atoms with Crippen LogP contribution in [-0.4, -0.2) is 20.8 Å². The van der Waals surface area contributed by atoms with Gasteiger partial charge >= 0.3 is 0 Å². The van der Waals surface area contributed by atoms with Gasteiger partial charge in [0.25, 0.3) is 5.91 Å². The van der Waals surface area contributed by atoms with Gasteiger partial charge in [0, 0.05) is 25.2 Å². The standard InChI is InChI=1S/C10H13N5O2/c1-6-3-8(17-14-6)10(16)12-4-7-5-13-15(2)9(7)11/h3,5H,4,11H2,1-2H3,(H,12,16). The number of nitrogens with zero attached hydrogens (tertiary/aromatic N) is 3. The lowest BCUT2D eigenvalue weighted by Gasteiger charge is -2.01. The molecule has 0 aliphatic rings. The average Bonchev–Trinajstić information content (AvgIpc) is 2.86. The Hall–Kier alpha value is -2.31. The maximum atomic E-state index is 11.6. The summed E-state index contributed by atoms with van der Waals surface area (Å²) < 4.78 is 6.38. The van der Waals surface area contributed by atoms with Crippen LogP contribution in [0.2, 0.25) is 0 Å². The van der Waals surface area contributed by atoms with E-state index in [0.29, 0.717) is 18.1 Å². The zero-order chi connectivity index (χ0) is 12.4. The minimum absolute atomic E-state index is 0.185. The van der Waals surface area contributed by atoms with Crippen LogP contribution in [0.1, 0.15) is 21.8 Å². The Labute approximate surface area is 97.6 Å². The predicted octanol–water partition coefficient (Wildman–Crippen LogP) is 0.229. The highest BCUT2D eigenvalue weighted by Gasteiger charge is 2.12. The van der Waals surface area contributed by atoms with Gasteiger partial charge in [-0.25, -0.2) is 0 Å². The monoisotopic (exact) mass is 235 g/mol. The van der Waals surface area contributed by atoms with E-state index in [1.54, 1.807) is 30.9 Å². The molecule has 2 heterocycles. The molecule has 17 heavy (non-hydrogen) atoms. The lowest BCUT2D eigenvalue weighted by atomic mass is 10.3. The molecule has 0 bridgehead atoms. The molecule has 0 atom stereocenters. The van der Waals surface area contributed by atoms with Crippen LogP contribution in [0, 0.1) is 6.92 Å². The first-order chi connectivity index (χ1) is 8.08. The first-order valence-electron chi connectivity index (χ1n) is 5.06. The number of rotatable bonds is 3. The number of nitrogen functional groups attached to an aromatic ring is 1. The van der Waals surface area contributed by atoms with Crippen molar-refractivity contribution in [2.24, 2.45) is 7.05 Å². The molecule has 7 nitrogen and oxygen atoms in total. The smallest absolute Gasteiger partial charge is 0.290 e. The van der Waals surface area contributed by atoms with Crippen molar-refractivity contribution < 1.29 is 9.32 Å². The number of nitrogens with two attached hydrogens (primary N) is 1. The minimum atomic E-state index is -0.325. The minimum Gasteiger partial charge on any atom is -0.384 e. The summed E-state index contributed by atoms with van der Waals surface area (Å²) in [5.41, 5.74) is 7.17. The van der Waals surface area contributed by atoms with Crippen molar-refractivity contribution >= 4 is 11.7 Å². The largest absolute Gasteiger partial charge is 0.384 e. The molecule has 0 unspecified atom stereocenters. The molecule has 0 fully saturated rings. The highest BCUT2D eigenvalue weighted by Crippen LogP contribution is 2.09. The van der Waals surface area contributed by atoms with Gasteiger partial charge in [0.2, 0.25) is 5.76 Å². The summed E-state index contributed by atoms with van der Waals surface area (Å²) in [4.78, 5) is 11.6. The molecule has 0 saturated carbocycles. The Morgan fingerprint density at radius 1 is 1.65 bits per heavy atom. The number of carbonyl (C=O) groups excluding carboxylic acids is 1. The molecular formula is C10H13N5O2. The first kappa shape index (κ1) is 11.2. The Balaban J connectivity index is 1.99. The van der Waals surface area contributed by atoms with E-state index in [1.807, 2.05) is 0 Å². The molecule has 7 heteroatoms. The van der Waals surface area contributed by atoms with E-state index in [0.717, 1.165) is 5.56 Å². The quantitative estimate of drug-likeness (QED) is 0.793. The molecule has 1 amide bonds. The first-order valence-corrected chi connectivity index (χ1v) is 5.06. The number of carbonyl (C=O) groups is 1. The van der Waals surface area contributed by atoms with Crippen molar-refractivity contribution in [3.8, 4) is 0 Å². The van der Waals surface area contributed by atoms with Gasteiger partial charge in [-0.15, -0.1) is 0 Å². The lowest BCUT2D eigenvalue weighted by Crippen LogP contribution is -2.22. The summed E-state index contributed by atoms with van der Waals surface area (Å²) in [6.45, 7) is 2.05. The molecule has 90 valence electrons. The van der Waals surface area contributed by atoms with Crippen LogP contribution in [0.25, 0.3) is 0 Å². The zero-order valence-corrected chi connectivity index (χ0v) is 9.60. The van der Waals surface area contributed by atoms with Crippen LogP contribution in [0.3, 0.4) is 0 Å². The van der Waals surface area contributed by atoms with Gasteiger partial charge < -0.3 is 15.6 Å². The summed E-state index contributed by atoms with van der Waals surface area (Å²) in [5, 5.41) is 10.3. The second-order valence-electron chi connectivity index (χ2n) is 3.69. The van der Waals surface area contributed by atoms with Gasteiger partial charge in [0.1, 0.15) is 5.82 Å². The number of aryl methyl sites for hydroxylation is 2. The van der Waals surface area contributed by atoms with Crippen molar-refractivity contribution in [2.45, 2.75) is 13.5 Å². The normalized spacial score (nSPS) is 10.5. The number of hydrogen-bond donors (Lipinski definition) is 2. The fraction of sp³-hybridized carbons (Fsp3) is 0.300. The van der Waals surface area contributed by atoms with Crippen LogP contribution in [0.15, 0.2) is 16.8 Å². The third kappa shape index (κ3) is 2.27. The van der Waals surface area contributed by atoms with Crippen molar-refractivity contribution in [3.63, 3.8) is 0 Å². The summed E-state index contributed by atoms with van der Waals surface area (Å²) in [6.07, 6.45) is 1.61. The Bertz CT molecular complexity index is 543. The molecule has 0 aliphatic carbocycles. The van der Waals surface area contributed by atoms with Crippen LogP contribution < -0.4 is 11.1 Å². The molecule has 3 N–H and O–H groups in total. The second-order valence-corrected chi connectivity index (χ2v) is 3.69.